The number of fused-ring (bicyclic) bond motifs is 1. The van der Waals surface area contributed by atoms with E-state index < -0.39 is 61.1 Å². The van der Waals surface area contributed by atoms with Crippen molar-refractivity contribution in [2.75, 3.05) is 19.1 Å². The van der Waals surface area contributed by atoms with Crippen molar-refractivity contribution >= 4 is 79.2 Å². The summed E-state index contributed by atoms with van der Waals surface area (Å²) in [6.45, 7) is 1.32. The van der Waals surface area contributed by atoms with Crippen LogP contribution in [0, 0.1) is 21.8 Å². The molecule has 1 aliphatic carbocycles. The van der Waals surface area contributed by atoms with Gasteiger partial charge in [-0.2, -0.15) is 0 Å². The molecule has 19 heteroatoms. The van der Waals surface area contributed by atoms with Gasteiger partial charge in [0.15, 0.2) is 27.2 Å². The van der Waals surface area contributed by atoms with Gasteiger partial charge in [0.05, 0.1) is 33.3 Å². The highest BCUT2D eigenvalue weighted by atomic mass is 35.5. The molecule has 2 heterocycles. The van der Waals surface area contributed by atoms with Crippen LogP contribution < -0.4 is 9.67 Å². The zero-order valence-corrected chi connectivity index (χ0v) is 28.7. The minimum atomic E-state index is -3.70. The van der Waals surface area contributed by atoms with Crippen molar-refractivity contribution in [1.29, 1.82) is 0 Å². The third-order valence-corrected chi connectivity index (χ3v) is 10.7. The molecule has 0 atom stereocenters. The smallest absolute Gasteiger partial charge is 0.325 e. The average Bonchev–Trinajstić information content (AvgIpc) is 3.35. The van der Waals surface area contributed by atoms with Crippen molar-refractivity contribution in [2.24, 2.45) is 10.9 Å². The standard InChI is InChI=1S/C15H15ClFN3O3S2.C14H13NO7S/c1-23-13(21)8-24-12-7-11(10(17)6-9(12)16)18-14-19-4-2-3-5-20(19)15(22)25-14;1-23(21,22)8-5-6-9(10(7-8)15(19)20)14(18)13-11(16)3-2-4-12(13)17/h6-7H,2-5,8H2,1H3;5-7,13H,2-4H2,1H3. The molecular formula is C29H28ClFN4O10S3. The molecule has 0 unspecified atom stereocenters. The van der Waals surface area contributed by atoms with Gasteiger partial charge in [0.25, 0.3) is 5.69 Å². The lowest BCUT2D eigenvalue weighted by Gasteiger charge is -2.18. The summed E-state index contributed by atoms with van der Waals surface area (Å²) in [6.07, 6.45) is 3.26. The number of ether oxygens (including phenoxy) is 1. The molecule has 1 aliphatic heterocycles. The third kappa shape index (κ3) is 8.53. The van der Waals surface area contributed by atoms with Gasteiger partial charge in [-0.05, 0) is 54.9 Å². The molecule has 0 saturated heterocycles. The number of methoxy groups -OCH3 is 1. The van der Waals surface area contributed by atoms with E-state index in [0.29, 0.717) is 29.2 Å². The summed E-state index contributed by atoms with van der Waals surface area (Å²) in [7, 11) is -2.40. The Hall–Kier alpha value is -4.00. The first kappa shape index (κ1) is 36.8. The number of nitro benzene ring substituents is 1. The Morgan fingerprint density at radius 1 is 1.10 bits per heavy atom. The zero-order valence-electron chi connectivity index (χ0n) is 25.5. The number of carbonyl (C=O) groups is 4. The summed E-state index contributed by atoms with van der Waals surface area (Å²) in [4.78, 5) is 74.5. The van der Waals surface area contributed by atoms with Crippen LogP contribution in [-0.4, -0.2) is 65.1 Å². The number of Topliss-reactive ketones (excluding diaryl/α,β-unsaturated/α-hetero) is 3. The van der Waals surface area contributed by atoms with Crippen LogP contribution in [0.4, 0.5) is 15.8 Å². The second-order valence-corrected chi connectivity index (χ2v) is 15.0. The number of esters is 1. The van der Waals surface area contributed by atoms with Crippen LogP contribution >= 0.6 is 34.7 Å². The number of sulfone groups is 1. The highest BCUT2D eigenvalue weighted by Gasteiger charge is 2.39. The van der Waals surface area contributed by atoms with Gasteiger partial charge in [0.2, 0.25) is 4.80 Å². The predicted octanol–water partition coefficient (Wildman–Crippen LogP) is 3.91. The minimum Gasteiger partial charge on any atom is -0.468 e. The zero-order chi connectivity index (χ0) is 35.3. The lowest BCUT2D eigenvalue weighted by atomic mass is 9.81. The van der Waals surface area contributed by atoms with E-state index in [-0.39, 0.29) is 39.1 Å². The van der Waals surface area contributed by atoms with Gasteiger partial charge < -0.3 is 4.74 Å². The average molecular weight is 743 g/mol. The van der Waals surface area contributed by atoms with Crippen LogP contribution in [0.15, 0.2) is 49.9 Å². The van der Waals surface area contributed by atoms with Gasteiger partial charge in [-0.15, -0.1) is 11.8 Å². The van der Waals surface area contributed by atoms with Gasteiger partial charge in [0.1, 0.15) is 17.4 Å². The maximum absolute atomic E-state index is 14.3. The van der Waals surface area contributed by atoms with Crippen LogP contribution in [-0.2, 0) is 42.0 Å². The molecule has 0 spiro atoms. The fourth-order valence-electron chi connectivity index (χ4n) is 4.89. The molecule has 48 heavy (non-hydrogen) atoms. The van der Waals surface area contributed by atoms with Crippen molar-refractivity contribution < 1.29 is 41.6 Å². The highest BCUT2D eigenvalue weighted by molar-refractivity contribution is 8.00. The van der Waals surface area contributed by atoms with E-state index in [1.165, 1.54) is 13.2 Å². The first-order valence-corrected chi connectivity index (χ1v) is 18.3. The van der Waals surface area contributed by atoms with Crippen LogP contribution in [0.25, 0.3) is 0 Å². The topological polar surface area (TPSA) is 194 Å². The second-order valence-electron chi connectivity index (χ2n) is 10.6. The summed E-state index contributed by atoms with van der Waals surface area (Å²) in [5.41, 5.74) is -1.08. The first-order chi connectivity index (χ1) is 22.6. The molecular weight excluding hydrogens is 715 g/mol. The van der Waals surface area contributed by atoms with Crippen LogP contribution in [0.2, 0.25) is 5.02 Å². The molecule has 0 amide bonds. The van der Waals surface area contributed by atoms with Crippen molar-refractivity contribution in [3.8, 4) is 0 Å². The Bertz CT molecular complexity index is 2040. The number of ketones is 3. The van der Waals surface area contributed by atoms with Gasteiger partial charge in [-0.3, -0.25) is 38.8 Å². The Morgan fingerprint density at radius 3 is 2.35 bits per heavy atom. The van der Waals surface area contributed by atoms with Crippen LogP contribution in [0.1, 0.15) is 42.5 Å². The van der Waals surface area contributed by atoms with Crippen molar-refractivity contribution in [2.45, 2.75) is 55.0 Å². The molecule has 5 rings (SSSR count). The summed E-state index contributed by atoms with van der Waals surface area (Å²) in [6, 6.07) is 5.44. The molecule has 3 aromatic rings. The third-order valence-electron chi connectivity index (χ3n) is 7.29. The van der Waals surface area contributed by atoms with E-state index in [1.54, 1.807) is 9.36 Å². The van der Waals surface area contributed by atoms with E-state index in [2.05, 4.69) is 9.73 Å². The van der Waals surface area contributed by atoms with E-state index in [9.17, 15) is 46.9 Å². The SMILES string of the molecule is COC(=O)CSc1cc(N=c2sc(=O)n3n2CCCC3)c(F)cc1Cl.CS(=O)(=O)c1ccc(C(=O)C2C(=O)CCCC2=O)c([N+](=O)[O-])c1. The molecule has 1 saturated carbocycles. The van der Waals surface area contributed by atoms with Crippen molar-refractivity contribution in [3.63, 3.8) is 0 Å². The Kier molecular flexibility index (Phi) is 11.9. The number of benzene rings is 2. The second kappa shape index (κ2) is 15.5. The molecule has 0 N–H and O–H groups in total. The number of halogens is 2. The fourth-order valence-corrected chi connectivity index (χ4v) is 7.51. The van der Waals surface area contributed by atoms with Gasteiger partial charge in [-0.1, -0.05) is 11.6 Å². The molecule has 2 aliphatic rings. The van der Waals surface area contributed by atoms with Crippen LogP contribution in [0.5, 0.6) is 0 Å². The monoisotopic (exact) mass is 742 g/mol. The number of thioether (sulfide) groups is 1. The lowest BCUT2D eigenvalue weighted by molar-refractivity contribution is -0.385. The van der Waals surface area contributed by atoms with Gasteiger partial charge in [0, 0.05) is 43.1 Å². The Labute approximate surface area is 285 Å². The summed E-state index contributed by atoms with van der Waals surface area (Å²) in [5, 5.41) is 11.3. The number of carbonyl (C=O) groups excluding carboxylic acids is 4. The number of nitrogens with zero attached hydrogens (tertiary/aromatic N) is 4. The van der Waals surface area contributed by atoms with Crippen molar-refractivity contribution in [1.82, 2.24) is 9.36 Å². The lowest BCUT2D eigenvalue weighted by Crippen LogP contribution is -2.35. The van der Waals surface area contributed by atoms with Crippen LogP contribution in [0.3, 0.4) is 0 Å². The molecule has 2 aromatic carbocycles. The molecule has 1 aromatic heterocycles. The van der Waals surface area contributed by atoms with E-state index in [0.717, 1.165) is 66.5 Å². The quantitative estimate of drug-likeness (QED) is 0.0811. The normalized spacial score (nSPS) is 15.4. The minimum absolute atomic E-state index is 0.0605. The maximum atomic E-state index is 14.3. The molecule has 0 bridgehead atoms. The number of hydrogen-bond acceptors (Lipinski definition) is 13. The van der Waals surface area contributed by atoms with E-state index >= 15 is 0 Å². The number of aromatic nitrogens is 2. The summed E-state index contributed by atoms with van der Waals surface area (Å²) in [5.74, 6) is -4.54. The largest absolute Gasteiger partial charge is 0.468 e. The molecule has 14 nitrogen and oxygen atoms in total. The van der Waals surface area contributed by atoms with Crippen molar-refractivity contribution in [3.05, 3.63) is 71.3 Å². The summed E-state index contributed by atoms with van der Waals surface area (Å²) < 4.78 is 45.2. The highest BCUT2D eigenvalue weighted by Crippen LogP contribution is 2.33. The van der Waals surface area contributed by atoms with Gasteiger partial charge >= 0.3 is 10.8 Å². The number of rotatable bonds is 8. The number of nitro groups is 1. The molecule has 1 fully saturated rings. The van der Waals surface area contributed by atoms with E-state index in [1.807, 2.05) is 0 Å². The number of hydrogen-bond donors (Lipinski definition) is 0. The molecule has 0 radical (unpaired) electrons. The fraction of sp³-hybridized carbons (Fsp3) is 0.379. The van der Waals surface area contributed by atoms with E-state index in [4.69, 9.17) is 11.6 Å². The van der Waals surface area contributed by atoms with Gasteiger partial charge in [-0.25, -0.2) is 22.5 Å². The summed E-state index contributed by atoms with van der Waals surface area (Å²) >= 11 is 8.17. The molecule has 256 valence electrons. The maximum Gasteiger partial charge on any atom is 0.325 e. The Balaban J connectivity index is 0.000000218. The Morgan fingerprint density at radius 2 is 1.75 bits per heavy atom. The first-order valence-electron chi connectivity index (χ1n) is 14.2. The predicted molar refractivity (Wildman–Crippen MR) is 173 cm³/mol.